The van der Waals surface area contributed by atoms with Gasteiger partial charge in [0.2, 0.25) is 0 Å². The van der Waals surface area contributed by atoms with Crippen molar-refractivity contribution in [2.45, 2.75) is 46.2 Å². The van der Waals surface area contributed by atoms with Crippen molar-refractivity contribution in [1.29, 1.82) is 0 Å². The summed E-state index contributed by atoms with van der Waals surface area (Å²) in [5, 5.41) is 16.0. The molecule has 0 atom stereocenters. The summed E-state index contributed by atoms with van der Waals surface area (Å²) < 4.78 is 3.86. The van der Waals surface area contributed by atoms with Gasteiger partial charge in [0.25, 0.3) is 0 Å². The molecule has 0 radical (unpaired) electrons. The summed E-state index contributed by atoms with van der Waals surface area (Å²) in [4.78, 5) is 14.2. The summed E-state index contributed by atoms with van der Waals surface area (Å²) in [6.07, 6.45) is 10.1. The van der Waals surface area contributed by atoms with Gasteiger partial charge in [-0.15, -0.1) is 0 Å². The lowest BCUT2D eigenvalue weighted by Crippen LogP contribution is -2.26. The number of fused-ring (bicyclic) bond motifs is 2. The number of imidazole rings is 1. The van der Waals surface area contributed by atoms with Crippen molar-refractivity contribution < 1.29 is 5.11 Å². The van der Waals surface area contributed by atoms with Crippen LogP contribution < -0.4 is 10.4 Å². The van der Waals surface area contributed by atoms with Gasteiger partial charge < -0.3 is 9.67 Å². The van der Waals surface area contributed by atoms with E-state index >= 15 is 0 Å². The van der Waals surface area contributed by atoms with Crippen molar-refractivity contribution in [3.8, 4) is 11.3 Å². The molecule has 1 aromatic carbocycles. The maximum absolute atomic E-state index is 9.14. The second kappa shape index (κ2) is 7.74. The Hall–Kier alpha value is -3.32. The fourth-order valence-electron chi connectivity index (χ4n) is 4.20. The highest BCUT2D eigenvalue weighted by molar-refractivity contribution is 6.13. The SMILES string of the molecule is Cc1nc(C2=NC3=c4ccc(-c5cn(CCO)cn5)cc4=CCCC3=C2)n(C(C)C)n1. The Labute approximate surface area is 180 Å². The molecule has 158 valence electrons. The number of aliphatic imine (C=N–C) groups is 1. The van der Waals surface area contributed by atoms with Gasteiger partial charge in [0.15, 0.2) is 5.82 Å². The lowest BCUT2D eigenvalue weighted by Gasteiger charge is -2.07. The number of rotatable bonds is 5. The van der Waals surface area contributed by atoms with Crippen molar-refractivity contribution in [1.82, 2.24) is 24.3 Å². The summed E-state index contributed by atoms with van der Waals surface area (Å²) in [5.74, 6) is 1.60. The van der Waals surface area contributed by atoms with Gasteiger partial charge in [-0.3, -0.25) is 0 Å². The smallest absolute Gasteiger partial charge is 0.177 e. The quantitative estimate of drug-likeness (QED) is 0.694. The largest absolute Gasteiger partial charge is 0.395 e. The topological polar surface area (TPSA) is 81.1 Å². The number of hydrogen-bond donors (Lipinski definition) is 1. The summed E-state index contributed by atoms with van der Waals surface area (Å²) in [6, 6.07) is 6.65. The van der Waals surface area contributed by atoms with Gasteiger partial charge in [-0.1, -0.05) is 18.2 Å². The fraction of sp³-hybridized carbons (Fsp3) is 0.333. The Morgan fingerprint density at radius 3 is 2.90 bits per heavy atom. The van der Waals surface area contributed by atoms with Crippen LogP contribution in [0.3, 0.4) is 0 Å². The first kappa shape index (κ1) is 19.6. The van der Waals surface area contributed by atoms with E-state index in [-0.39, 0.29) is 12.6 Å². The van der Waals surface area contributed by atoms with Crippen LogP contribution in [0.2, 0.25) is 0 Å². The van der Waals surface area contributed by atoms with E-state index in [0.29, 0.717) is 6.54 Å². The monoisotopic (exact) mass is 414 g/mol. The van der Waals surface area contributed by atoms with E-state index < -0.39 is 0 Å². The van der Waals surface area contributed by atoms with Crippen LogP contribution in [0.1, 0.15) is 44.4 Å². The van der Waals surface area contributed by atoms with Gasteiger partial charge >= 0.3 is 0 Å². The first-order chi connectivity index (χ1) is 15.0. The van der Waals surface area contributed by atoms with Crippen molar-refractivity contribution in [2.24, 2.45) is 4.99 Å². The van der Waals surface area contributed by atoms with Gasteiger partial charge in [-0.05, 0) is 56.5 Å². The Kier molecular flexibility index (Phi) is 4.90. The number of allylic oxidation sites excluding steroid dienone is 1. The molecule has 0 spiro atoms. The Bertz CT molecular complexity index is 1340. The van der Waals surface area contributed by atoms with Crippen LogP contribution in [0.25, 0.3) is 23.0 Å². The lowest BCUT2D eigenvalue weighted by molar-refractivity contribution is 0.276. The third-order valence-corrected chi connectivity index (χ3v) is 5.67. The van der Waals surface area contributed by atoms with Gasteiger partial charge in [-0.2, -0.15) is 5.10 Å². The van der Waals surface area contributed by atoms with E-state index in [0.717, 1.165) is 52.4 Å². The molecular formula is C24H26N6O. The van der Waals surface area contributed by atoms with E-state index in [1.165, 1.54) is 10.8 Å². The summed E-state index contributed by atoms with van der Waals surface area (Å²) in [7, 11) is 0. The maximum Gasteiger partial charge on any atom is 0.177 e. The Balaban J connectivity index is 1.61. The number of hydrogen-bond acceptors (Lipinski definition) is 5. The molecule has 7 nitrogen and oxygen atoms in total. The molecule has 31 heavy (non-hydrogen) atoms. The second-order valence-corrected chi connectivity index (χ2v) is 8.30. The van der Waals surface area contributed by atoms with Crippen LogP contribution in [-0.4, -0.2) is 41.7 Å². The molecule has 2 aliphatic rings. The third kappa shape index (κ3) is 3.55. The van der Waals surface area contributed by atoms with Crippen molar-refractivity contribution >= 4 is 17.5 Å². The molecule has 0 saturated heterocycles. The molecule has 7 heteroatoms. The Morgan fingerprint density at radius 2 is 2.10 bits per heavy atom. The van der Waals surface area contributed by atoms with Crippen molar-refractivity contribution in [3.05, 3.63) is 64.5 Å². The molecule has 1 aliphatic carbocycles. The highest BCUT2D eigenvalue weighted by atomic mass is 16.3. The van der Waals surface area contributed by atoms with Gasteiger partial charge in [-0.25, -0.2) is 19.6 Å². The molecule has 3 heterocycles. The zero-order valence-electron chi connectivity index (χ0n) is 18.1. The average molecular weight is 415 g/mol. The van der Waals surface area contributed by atoms with Crippen LogP contribution in [0.5, 0.6) is 0 Å². The van der Waals surface area contributed by atoms with Gasteiger partial charge in [0.1, 0.15) is 11.5 Å². The van der Waals surface area contributed by atoms with Crippen LogP contribution in [-0.2, 0) is 6.54 Å². The first-order valence-corrected chi connectivity index (χ1v) is 10.7. The summed E-state index contributed by atoms with van der Waals surface area (Å²) in [5.41, 5.74) is 5.15. The number of aryl methyl sites for hydroxylation is 1. The van der Waals surface area contributed by atoms with Crippen molar-refractivity contribution in [3.63, 3.8) is 0 Å². The number of nitrogens with zero attached hydrogens (tertiary/aromatic N) is 6. The molecular weight excluding hydrogens is 388 g/mol. The molecule has 1 aliphatic heterocycles. The van der Waals surface area contributed by atoms with Crippen molar-refractivity contribution in [2.75, 3.05) is 6.61 Å². The molecule has 3 aromatic rings. The predicted octanol–water partition coefficient (Wildman–Crippen LogP) is 2.14. The molecule has 5 rings (SSSR count). The summed E-state index contributed by atoms with van der Waals surface area (Å²) in [6.45, 7) is 6.79. The molecule has 1 N–H and O–H groups in total. The van der Waals surface area contributed by atoms with E-state index in [1.54, 1.807) is 6.33 Å². The number of benzene rings is 1. The lowest BCUT2D eigenvalue weighted by atomic mass is 10.1. The number of aliphatic hydroxyl groups is 1. The average Bonchev–Trinajstić information content (AvgIpc) is 3.45. The normalized spacial score (nSPS) is 15.3. The Morgan fingerprint density at radius 1 is 1.23 bits per heavy atom. The third-order valence-electron chi connectivity index (χ3n) is 5.67. The minimum absolute atomic E-state index is 0.103. The van der Waals surface area contributed by atoms with Crippen LogP contribution in [0, 0.1) is 6.92 Å². The molecule has 2 aromatic heterocycles. The van der Waals surface area contributed by atoms with E-state index in [2.05, 4.69) is 59.3 Å². The second-order valence-electron chi connectivity index (χ2n) is 8.30. The van der Waals surface area contributed by atoms with E-state index in [9.17, 15) is 0 Å². The maximum atomic E-state index is 9.14. The van der Waals surface area contributed by atoms with E-state index in [1.807, 2.05) is 22.4 Å². The standard InChI is InChI=1S/C24H26N6O/c1-15(2)30-24(26-16(3)28-30)21-12-19-6-4-5-17-11-18(7-8-20(17)23(19)27-21)22-13-29(9-10-31)14-25-22/h5,7-8,11-15,31H,4,6,9-10H2,1-3H3. The molecule has 0 bridgehead atoms. The number of aromatic nitrogens is 5. The van der Waals surface area contributed by atoms with Crippen LogP contribution >= 0.6 is 0 Å². The predicted molar refractivity (Wildman–Crippen MR) is 121 cm³/mol. The zero-order chi connectivity index (χ0) is 21.5. The van der Waals surface area contributed by atoms with Gasteiger partial charge in [0.05, 0.1) is 24.3 Å². The van der Waals surface area contributed by atoms with E-state index in [4.69, 9.17) is 10.1 Å². The molecule has 0 saturated carbocycles. The minimum Gasteiger partial charge on any atom is -0.395 e. The fourth-order valence-corrected chi connectivity index (χ4v) is 4.20. The molecule has 0 fully saturated rings. The summed E-state index contributed by atoms with van der Waals surface area (Å²) >= 11 is 0. The van der Waals surface area contributed by atoms with Crippen LogP contribution in [0.15, 0.2) is 47.4 Å². The molecule has 0 amide bonds. The highest BCUT2D eigenvalue weighted by Crippen LogP contribution is 2.27. The molecule has 0 unspecified atom stereocenters. The minimum atomic E-state index is 0.103. The van der Waals surface area contributed by atoms with Gasteiger partial charge in [0, 0.05) is 29.6 Å². The highest BCUT2D eigenvalue weighted by Gasteiger charge is 2.23. The zero-order valence-corrected chi connectivity index (χ0v) is 18.1. The number of aliphatic hydroxyl groups excluding tert-OH is 1. The first-order valence-electron chi connectivity index (χ1n) is 10.7. The van der Waals surface area contributed by atoms with Crippen LogP contribution in [0.4, 0.5) is 0 Å².